The summed E-state index contributed by atoms with van der Waals surface area (Å²) in [5.41, 5.74) is 5.96. The molecule has 5 nitrogen and oxygen atoms in total. The number of nitrogens with two attached hydrogens (primary N) is 1. The number of fused-ring (bicyclic) bond motifs is 1. The average molecular weight is 221 g/mol. The maximum absolute atomic E-state index is 5.96. The van der Waals surface area contributed by atoms with Crippen LogP contribution < -0.4 is 5.73 Å². The minimum Gasteiger partial charge on any atom is -0.370 e. The minimum absolute atomic E-state index is 0.547. The van der Waals surface area contributed by atoms with E-state index in [9.17, 15) is 0 Å². The highest BCUT2D eigenvalue weighted by atomic mass is 15.3. The number of rotatable bonds is 2. The van der Waals surface area contributed by atoms with Gasteiger partial charge < -0.3 is 15.2 Å². The maximum atomic E-state index is 5.96. The molecule has 88 valence electrons. The van der Waals surface area contributed by atoms with Crippen molar-refractivity contribution in [3.05, 3.63) is 18.2 Å². The fourth-order valence-corrected chi connectivity index (χ4v) is 1.75. The molecule has 16 heavy (non-hydrogen) atoms. The van der Waals surface area contributed by atoms with Gasteiger partial charge in [0.05, 0.1) is 6.54 Å². The van der Waals surface area contributed by atoms with Crippen molar-refractivity contribution in [2.75, 3.05) is 13.1 Å². The first-order valence-corrected chi connectivity index (χ1v) is 5.71. The lowest BCUT2D eigenvalue weighted by Crippen LogP contribution is -2.42. The van der Waals surface area contributed by atoms with Crippen LogP contribution in [0, 0.1) is 5.92 Å². The van der Waals surface area contributed by atoms with Crippen LogP contribution in [0.15, 0.2) is 17.4 Å². The summed E-state index contributed by atoms with van der Waals surface area (Å²) in [4.78, 5) is 10.8. The van der Waals surface area contributed by atoms with Crippen molar-refractivity contribution in [2.45, 2.75) is 26.9 Å². The molecule has 5 heteroatoms. The molecule has 1 aliphatic rings. The Kier molecular flexibility index (Phi) is 3.12. The van der Waals surface area contributed by atoms with Crippen LogP contribution >= 0.6 is 0 Å². The Balaban J connectivity index is 2.00. The highest BCUT2D eigenvalue weighted by Gasteiger charge is 2.17. The SMILES string of the molecule is CC(C)CN=C(N)N1CCn2ccnc2C1. The summed E-state index contributed by atoms with van der Waals surface area (Å²) < 4.78 is 2.16. The fourth-order valence-electron chi connectivity index (χ4n) is 1.75. The molecule has 0 amide bonds. The Hall–Kier alpha value is -1.52. The Morgan fingerprint density at radius 1 is 1.56 bits per heavy atom. The van der Waals surface area contributed by atoms with Gasteiger partial charge in [0, 0.05) is 32.0 Å². The van der Waals surface area contributed by atoms with Gasteiger partial charge in [-0.3, -0.25) is 4.99 Å². The average Bonchev–Trinajstić information content (AvgIpc) is 2.72. The highest BCUT2D eigenvalue weighted by Crippen LogP contribution is 2.09. The van der Waals surface area contributed by atoms with Gasteiger partial charge in [-0.25, -0.2) is 4.98 Å². The molecule has 0 radical (unpaired) electrons. The molecule has 0 saturated heterocycles. The Labute approximate surface area is 96.0 Å². The first kappa shape index (κ1) is 11.0. The monoisotopic (exact) mass is 221 g/mol. The third-order valence-corrected chi connectivity index (χ3v) is 2.69. The maximum Gasteiger partial charge on any atom is 0.191 e. The molecule has 2 N–H and O–H groups in total. The van der Waals surface area contributed by atoms with Crippen LogP contribution in [0.4, 0.5) is 0 Å². The normalized spacial score (nSPS) is 16.7. The molecule has 1 aliphatic heterocycles. The van der Waals surface area contributed by atoms with E-state index in [0.717, 1.165) is 32.0 Å². The van der Waals surface area contributed by atoms with Crippen molar-refractivity contribution in [2.24, 2.45) is 16.6 Å². The molecule has 0 fully saturated rings. The first-order chi connectivity index (χ1) is 7.66. The summed E-state index contributed by atoms with van der Waals surface area (Å²) in [6.45, 7) is 7.68. The Bertz CT molecular complexity index is 379. The molecule has 0 spiro atoms. The number of nitrogens with zero attached hydrogens (tertiary/aromatic N) is 4. The second kappa shape index (κ2) is 4.55. The lowest BCUT2D eigenvalue weighted by molar-refractivity contribution is 0.325. The summed E-state index contributed by atoms with van der Waals surface area (Å²) >= 11 is 0. The van der Waals surface area contributed by atoms with Gasteiger partial charge >= 0.3 is 0 Å². The zero-order chi connectivity index (χ0) is 11.5. The third kappa shape index (κ3) is 2.35. The van der Waals surface area contributed by atoms with Crippen LogP contribution in [-0.4, -0.2) is 33.5 Å². The van der Waals surface area contributed by atoms with Crippen LogP contribution in [0.3, 0.4) is 0 Å². The van der Waals surface area contributed by atoms with Crippen molar-refractivity contribution in [1.29, 1.82) is 0 Å². The quantitative estimate of drug-likeness (QED) is 0.590. The van der Waals surface area contributed by atoms with E-state index >= 15 is 0 Å². The van der Waals surface area contributed by atoms with Crippen LogP contribution in [0.5, 0.6) is 0 Å². The number of aliphatic imine (C=N–C) groups is 1. The smallest absolute Gasteiger partial charge is 0.191 e. The molecule has 0 aliphatic carbocycles. The van der Waals surface area contributed by atoms with Crippen LogP contribution in [0.25, 0.3) is 0 Å². The minimum atomic E-state index is 0.547. The van der Waals surface area contributed by atoms with Gasteiger partial charge in [0.2, 0.25) is 0 Å². The predicted octanol–water partition coefficient (Wildman–Crippen LogP) is 0.669. The summed E-state index contributed by atoms with van der Waals surface area (Å²) in [7, 11) is 0. The van der Waals surface area contributed by atoms with Crippen LogP contribution in [0.2, 0.25) is 0 Å². The van der Waals surface area contributed by atoms with E-state index < -0.39 is 0 Å². The van der Waals surface area contributed by atoms with Gasteiger partial charge in [-0.15, -0.1) is 0 Å². The molecule has 0 bridgehead atoms. The fraction of sp³-hybridized carbons (Fsp3) is 0.636. The van der Waals surface area contributed by atoms with Crippen molar-refractivity contribution >= 4 is 5.96 Å². The van der Waals surface area contributed by atoms with E-state index in [2.05, 4.69) is 33.3 Å². The van der Waals surface area contributed by atoms with Gasteiger partial charge in [-0.05, 0) is 5.92 Å². The van der Waals surface area contributed by atoms with Crippen LogP contribution in [-0.2, 0) is 13.1 Å². The van der Waals surface area contributed by atoms with E-state index in [1.807, 2.05) is 12.4 Å². The number of hydrogen-bond donors (Lipinski definition) is 1. The van der Waals surface area contributed by atoms with Crippen molar-refractivity contribution < 1.29 is 0 Å². The summed E-state index contributed by atoms with van der Waals surface area (Å²) in [5, 5.41) is 0. The second-order valence-corrected chi connectivity index (χ2v) is 4.55. The third-order valence-electron chi connectivity index (χ3n) is 2.69. The van der Waals surface area contributed by atoms with Gasteiger partial charge in [0.25, 0.3) is 0 Å². The number of hydrogen-bond acceptors (Lipinski definition) is 2. The molecule has 0 aromatic carbocycles. The zero-order valence-electron chi connectivity index (χ0n) is 9.93. The second-order valence-electron chi connectivity index (χ2n) is 4.55. The predicted molar refractivity (Wildman–Crippen MR) is 64.0 cm³/mol. The van der Waals surface area contributed by atoms with E-state index in [0.29, 0.717) is 11.9 Å². The molecule has 1 aromatic rings. The zero-order valence-corrected chi connectivity index (χ0v) is 9.93. The van der Waals surface area contributed by atoms with E-state index in [-0.39, 0.29) is 0 Å². The van der Waals surface area contributed by atoms with Crippen LogP contribution in [0.1, 0.15) is 19.7 Å². The standard InChI is InChI=1S/C11H19N5/c1-9(2)7-14-11(12)16-6-5-15-4-3-13-10(15)8-16/h3-4,9H,5-8H2,1-2H3,(H2,12,14). The summed E-state index contributed by atoms with van der Waals surface area (Å²) in [6, 6.07) is 0. The number of imidazole rings is 1. The molecule has 0 unspecified atom stereocenters. The van der Waals surface area contributed by atoms with E-state index in [4.69, 9.17) is 5.73 Å². The molecule has 2 rings (SSSR count). The van der Waals surface area contributed by atoms with Crippen molar-refractivity contribution in [1.82, 2.24) is 14.5 Å². The Morgan fingerprint density at radius 3 is 3.12 bits per heavy atom. The van der Waals surface area contributed by atoms with E-state index in [1.165, 1.54) is 0 Å². The number of guanidine groups is 1. The van der Waals surface area contributed by atoms with Gasteiger partial charge in [-0.2, -0.15) is 0 Å². The molecular formula is C11H19N5. The molecule has 0 atom stereocenters. The van der Waals surface area contributed by atoms with Gasteiger partial charge in [-0.1, -0.05) is 13.8 Å². The summed E-state index contributed by atoms with van der Waals surface area (Å²) in [5.74, 6) is 2.25. The Morgan fingerprint density at radius 2 is 2.38 bits per heavy atom. The van der Waals surface area contributed by atoms with Gasteiger partial charge in [0.1, 0.15) is 5.82 Å². The van der Waals surface area contributed by atoms with Gasteiger partial charge in [0.15, 0.2) is 5.96 Å². The molecular weight excluding hydrogens is 202 g/mol. The number of aromatic nitrogens is 2. The summed E-state index contributed by atoms with van der Waals surface area (Å²) in [6.07, 6.45) is 3.84. The van der Waals surface area contributed by atoms with Crippen molar-refractivity contribution in [3.63, 3.8) is 0 Å². The first-order valence-electron chi connectivity index (χ1n) is 5.71. The molecule has 2 heterocycles. The van der Waals surface area contributed by atoms with E-state index in [1.54, 1.807) is 0 Å². The largest absolute Gasteiger partial charge is 0.370 e. The lowest BCUT2D eigenvalue weighted by Gasteiger charge is -2.28. The lowest BCUT2D eigenvalue weighted by atomic mass is 10.2. The van der Waals surface area contributed by atoms with Crippen molar-refractivity contribution in [3.8, 4) is 0 Å². The topological polar surface area (TPSA) is 59.4 Å². The molecule has 1 aromatic heterocycles. The molecule has 0 saturated carbocycles. The highest BCUT2D eigenvalue weighted by molar-refractivity contribution is 5.78.